The fourth-order valence-corrected chi connectivity index (χ4v) is 4.84. The van der Waals surface area contributed by atoms with Gasteiger partial charge in [0.1, 0.15) is 11.6 Å². The second kappa shape index (κ2) is 9.74. The third-order valence-electron chi connectivity index (χ3n) is 6.63. The average molecular weight is 490 g/mol. The molecule has 1 aliphatic heterocycles. The summed E-state index contributed by atoms with van der Waals surface area (Å²) < 4.78 is 13.9. The number of rotatable bonds is 6. The van der Waals surface area contributed by atoms with Crippen molar-refractivity contribution >= 4 is 34.7 Å². The average Bonchev–Trinajstić information content (AvgIpc) is 2.88. The molecule has 0 fully saturated rings. The number of aromatic nitrogens is 1. The Morgan fingerprint density at radius 3 is 2.57 bits per heavy atom. The van der Waals surface area contributed by atoms with Crippen molar-refractivity contribution in [3.63, 3.8) is 0 Å². The molecule has 0 unspecified atom stereocenters. The number of fused-ring (bicyclic) bond motifs is 1. The summed E-state index contributed by atoms with van der Waals surface area (Å²) in [7, 11) is 0. The van der Waals surface area contributed by atoms with Crippen LogP contribution in [0.3, 0.4) is 0 Å². The molecule has 5 nitrogen and oxygen atoms in total. The van der Waals surface area contributed by atoms with Crippen LogP contribution in [0.25, 0.3) is 11.8 Å². The molecule has 0 aliphatic carbocycles. The summed E-state index contributed by atoms with van der Waals surface area (Å²) in [6.45, 7) is 9.11. The Morgan fingerprint density at radius 2 is 1.78 bits per heavy atom. The van der Waals surface area contributed by atoms with E-state index in [0.29, 0.717) is 23.4 Å². The van der Waals surface area contributed by atoms with Crippen molar-refractivity contribution in [2.45, 2.75) is 13.8 Å². The molecule has 1 aliphatic rings. The van der Waals surface area contributed by atoms with Gasteiger partial charge in [0.25, 0.3) is 0 Å². The number of pyridine rings is 1. The Balaban J connectivity index is 1.55. The highest BCUT2D eigenvalue weighted by molar-refractivity contribution is 6.16. The van der Waals surface area contributed by atoms with E-state index < -0.39 is 5.82 Å². The number of nitrogens with one attached hydrogen (secondary N) is 2. The van der Waals surface area contributed by atoms with Crippen molar-refractivity contribution in [1.82, 2.24) is 4.98 Å². The fourth-order valence-electron chi connectivity index (χ4n) is 4.84. The van der Waals surface area contributed by atoms with Crippen LogP contribution in [0.2, 0.25) is 0 Å². The minimum Gasteiger partial charge on any atom is -0.383 e. The van der Waals surface area contributed by atoms with Gasteiger partial charge in [0.15, 0.2) is 0 Å². The first-order valence-electron chi connectivity index (χ1n) is 12.0. The molecule has 184 valence electrons. The predicted molar refractivity (Wildman–Crippen MR) is 151 cm³/mol. The Labute approximate surface area is 216 Å². The third kappa shape index (κ3) is 4.49. The van der Waals surface area contributed by atoms with Crippen LogP contribution >= 0.6 is 0 Å². The van der Waals surface area contributed by atoms with E-state index in [1.165, 1.54) is 12.1 Å². The van der Waals surface area contributed by atoms with Crippen molar-refractivity contribution < 1.29 is 4.39 Å². The summed E-state index contributed by atoms with van der Waals surface area (Å²) in [5.74, 6) is -0.203. The molecule has 2 heterocycles. The molecule has 0 spiro atoms. The number of para-hydroxylation sites is 1. The van der Waals surface area contributed by atoms with E-state index in [0.717, 1.165) is 39.3 Å². The molecule has 4 N–H and O–H groups in total. The number of nitrogens with zero attached hydrogens (tertiary/aromatic N) is 2. The Bertz CT molecular complexity index is 1570. The molecule has 37 heavy (non-hydrogen) atoms. The number of aryl methyl sites for hydroxylation is 2. The molecule has 0 atom stereocenters. The minimum atomic E-state index is -0.409. The van der Waals surface area contributed by atoms with Gasteiger partial charge in [-0.2, -0.15) is 0 Å². The highest BCUT2D eigenvalue weighted by atomic mass is 19.1. The van der Waals surface area contributed by atoms with Gasteiger partial charge in [-0.05, 0) is 60.9 Å². The van der Waals surface area contributed by atoms with E-state index in [1.54, 1.807) is 24.4 Å². The minimum absolute atomic E-state index is 0.103. The van der Waals surface area contributed by atoms with E-state index in [1.807, 2.05) is 12.1 Å². The molecule has 6 heteroatoms. The largest absolute Gasteiger partial charge is 0.383 e. The number of halogens is 1. The lowest BCUT2D eigenvalue weighted by Gasteiger charge is -2.36. The van der Waals surface area contributed by atoms with Crippen molar-refractivity contribution in [1.29, 1.82) is 5.41 Å². The maximum atomic E-state index is 13.9. The zero-order valence-corrected chi connectivity index (χ0v) is 20.8. The maximum Gasteiger partial charge on any atom is 0.134 e. The molecule has 4 aromatic rings. The van der Waals surface area contributed by atoms with Crippen LogP contribution in [0.1, 0.15) is 33.4 Å². The lowest BCUT2D eigenvalue weighted by molar-refractivity contribution is 0.627. The van der Waals surface area contributed by atoms with Crippen LogP contribution < -0.4 is 16.0 Å². The maximum absolute atomic E-state index is 13.9. The molecule has 5 rings (SSSR count). The first-order valence-corrected chi connectivity index (χ1v) is 12.0. The van der Waals surface area contributed by atoms with Gasteiger partial charge in [0.05, 0.1) is 17.8 Å². The molecular formula is C31H28FN5. The van der Waals surface area contributed by atoms with Crippen LogP contribution in [0.4, 0.5) is 21.6 Å². The van der Waals surface area contributed by atoms with Gasteiger partial charge in [-0.15, -0.1) is 0 Å². The molecule has 0 amide bonds. The Morgan fingerprint density at radius 1 is 1.03 bits per heavy atom. The molecule has 0 radical (unpaired) electrons. The lowest BCUT2D eigenvalue weighted by Crippen LogP contribution is -2.29. The predicted octanol–water partition coefficient (Wildman–Crippen LogP) is 6.78. The van der Waals surface area contributed by atoms with Crippen LogP contribution in [-0.4, -0.2) is 17.2 Å². The number of hydrogen-bond donors (Lipinski definition) is 3. The normalized spacial score (nSPS) is 12.7. The van der Waals surface area contributed by atoms with Gasteiger partial charge in [-0.1, -0.05) is 55.1 Å². The highest BCUT2D eigenvalue weighted by Gasteiger charge is 2.26. The summed E-state index contributed by atoms with van der Waals surface area (Å²) in [5.41, 5.74) is 15.3. The van der Waals surface area contributed by atoms with Gasteiger partial charge < -0.3 is 16.0 Å². The first-order chi connectivity index (χ1) is 17.8. The fraction of sp³-hybridized carbons (Fsp3) is 0.0968. The number of nitrogen functional groups attached to an aromatic ring is 1. The van der Waals surface area contributed by atoms with Crippen molar-refractivity contribution in [2.75, 3.05) is 22.5 Å². The molecule has 1 aromatic heterocycles. The number of hydrogen-bond acceptors (Lipinski definition) is 5. The van der Waals surface area contributed by atoms with Crippen molar-refractivity contribution in [2.24, 2.45) is 0 Å². The smallest absolute Gasteiger partial charge is 0.134 e. The molecular weight excluding hydrogens is 461 g/mol. The van der Waals surface area contributed by atoms with E-state index in [-0.39, 0.29) is 11.5 Å². The molecule has 0 bridgehead atoms. The molecule has 3 aromatic carbocycles. The van der Waals surface area contributed by atoms with Crippen molar-refractivity contribution in [3.05, 3.63) is 130 Å². The van der Waals surface area contributed by atoms with Crippen LogP contribution in [0.5, 0.6) is 0 Å². The van der Waals surface area contributed by atoms with E-state index in [4.69, 9.17) is 11.1 Å². The monoisotopic (exact) mass is 489 g/mol. The van der Waals surface area contributed by atoms with Gasteiger partial charge >= 0.3 is 0 Å². The SMILES string of the molecule is C=C1c2c(C)cccc2C=C(CNc2ccnc(N)c2C(=N)c2cccc(F)c2)N1c1ccccc1C. The summed E-state index contributed by atoms with van der Waals surface area (Å²) in [6.07, 6.45) is 3.77. The molecule has 0 saturated heterocycles. The van der Waals surface area contributed by atoms with Crippen LogP contribution in [0, 0.1) is 25.1 Å². The van der Waals surface area contributed by atoms with Gasteiger partial charge in [-0.25, -0.2) is 9.37 Å². The summed E-state index contributed by atoms with van der Waals surface area (Å²) >= 11 is 0. The summed E-state index contributed by atoms with van der Waals surface area (Å²) in [4.78, 5) is 6.37. The number of anilines is 3. The van der Waals surface area contributed by atoms with E-state index in [2.05, 4.69) is 72.0 Å². The lowest BCUT2D eigenvalue weighted by atomic mass is 9.93. The second-order valence-electron chi connectivity index (χ2n) is 9.10. The van der Waals surface area contributed by atoms with E-state index in [9.17, 15) is 4.39 Å². The van der Waals surface area contributed by atoms with Crippen LogP contribution in [0.15, 0.2) is 91.3 Å². The van der Waals surface area contributed by atoms with Gasteiger partial charge in [0.2, 0.25) is 0 Å². The highest BCUT2D eigenvalue weighted by Crippen LogP contribution is 2.39. The van der Waals surface area contributed by atoms with Gasteiger partial charge in [0, 0.05) is 40.1 Å². The van der Waals surface area contributed by atoms with Crippen LogP contribution in [-0.2, 0) is 0 Å². The molecule has 0 saturated carbocycles. The standard InChI is InChI=1S/C31H28FN5/c1-19-8-4-5-13-27(19)37-21(3)28-20(2)9-6-10-22(28)17-25(37)18-36-26-14-15-35-31(34)29(26)30(33)23-11-7-12-24(32)16-23/h4-17,33H,3,18H2,1-2H3,(H3,34,35,36). The number of benzene rings is 3. The number of nitrogens with two attached hydrogens (primary N) is 1. The third-order valence-corrected chi connectivity index (χ3v) is 6.63. The van der Waals surface area contributed by atoms with Gasteiger partial charge in [-0.3, -0.25) is 5.41 Å². The Hall–Kier alpha value is -4.71. The van der Waals surface area contributed by atoms with E-state index >= 15 is 0 Å². The zero-order chi connectivity index (χ0) is 26.1. The zero-order valence-electron chi connectivity index (χ0n) is 20.8. The van der Waals surface area contributed by atoms with Crippen molar-refractivity contribution in [3.8, 4) is 0 Å². The summed E-state index contributed by atoms with van der Waals surface area (Å²) in [5, 5.41) is 12.2. The Kier molecular flexibility index (Phi) is 6.32. The second-order valence-corrected chi connectivity index (χ2v) is 9.10. The quantitative estimate of drug-likeness (QED) is 0.261. The summed E-state index contributed by atoms with van der Waals surface area (Å²) in [6, 6.07) is 22.2. The topological polar surface area (TPSA) is 78.0 Å². The first kappa shape index (κ1) is 24.0.